The molecule has 7 nitrogen and oxygen atoms in total. The second-order valence-electron chi connectivity index (χ2n) is 14.9. The number of aliphatic hydroxyl groups excluding tert-OH is 1. The zero-order valence-corrected chi connectivity index (χ0v) is 28.5. The van der Waals surface area contributed by atoms with Gasteiger partial charge in [-0.05, 0) is 80.2 Å². The van der Waals surface area contributed by atoms with E-state index >= 15 is 0 Å². The first-order chi connectivity index (χ1) is 22.6. The van der Waals surface area contributed by atoms with Crippen molar-refractivity contribution in [2.75, 3.05) is 6.54 Å². The van der Waals surface area contributed by atoms with E-state index in [4.69, 9.17) is 15.2 Å². The molecule has 0 bridgehead atoms. The van der Waals surface area contributed by atoms with Crippen molar-refractivity contribution in [1.82, 2.24) is 10.2 Å². The number of amides is 1. The van der Waals surface area contributed by atoms with Crippen LogP contribution in [0.4, 0.5) is 0 Å². The minimum absolute atomic E-state index is 0.00485. The zero-order valence-electron chi connectivity index (χ0n) is 28.5. The third kappa shape index (κ3) is 7.65. The van der Waals surface area contributed by atoms with Crippen LogP contribution in [0.5, 0.6) is 0 Å². The summed E-state index contributed by atoms with van der Waals surface area (Å²) in [4.78, 5) is 16.3. The van der Waals surface area contributed by atoms with Gasteiger partial charge in [0.25, 0.3) is 0 Å². The highest BCUT2D eigenvalue weighted by molar-refractivity contribution is 5.82. The van der Waals surface area contributed by atoms with Crippen molar-refractivity contribution in [3.05, 3.63) is 95.1 Å². The van der Waals surface area contributed by atoms with E-state index in [1.165, 1.54) is 19.3 Å². The lowest BCUT2D eigenvalue weighted by molar-refractivity contribution is -0.278. The van der Waals surface area contributed by atoms with Gasteiger partial charge >= 0.3 is 0 Å². The maximum absolute atomic E-state index is 13.8. The molecule has 7 heteroatoms. The normalized spacial score (nSPS) is 28.4. The molecule has 1 saturated carbocycles. The van der Waals surface area contributed by atoms with E-state index in [-0.39, 0.29) is 42.2 Å². The number of nitrogens with zero attached hydrogens (tertiary/aromatic N) is 1. The van der Waals surface area contributed by atoms with E-state index < -0.39 is 6.29 Å². The standard InChI is InChI=1S/C40H53N3O4/c1-26-36(24-43-34-12-8-6-9-29(34)21-22-35(43)38(45)42-40(2,3)4)46-39(47-37(26)30-15-13-27(25-44)14-16-30)31-19-17-28(18-20-31)33-11-7-5-10-32(33)23-41/h5,7,10-11,13-20,26,29,34-37,39,44H,6,8-9,12,21-25,41H2,1-4H3,(H,42,45)/t26-,29-,34-,35-,36+,37+,39+/m1/s1. The molecule has 2 aliphatic heterocycles. The van der Waals surface area contributed by atoms with Crippen LogP contribution in [-0.2, 0) is 27.4 Å². The lowest BCUT2D eigenvalue weighted by atomic mass is 9.75. The van der Waals surface area contributed by atoms with Crippen molar-refractivity contribution < 1.29 is 19.4 Å². The quantitative estimate of drug-likeness (QED) is 0.245. The largest absolute Gasteiger partial charge is 0.392 e. The third-order valence-corrected chi connectivity index (χ3v) is 10.6. The summed E-state index contributed by atoms with van der Waals surface area (Å²) in [5.74, 6) is 0.790. The van der Waals surface area contributed by atoms with Gasteiger partial charge in [-0.25, -0.2) is 0 Å². The van der Waals surface area contributed by atoms with Crippen LogP contribution >= 0.6 is 0 Å². The SMILES string of the molecule is C[C@@H]1[C@H](CN2[C@@H](C(=O)NC(C)(C)C)CC[C@H]3CCCC[C@H]32)O[C@H](c2ccc(-c3ccccc3CN)cc2)O[C@@H]1c1ccc(CO)cc1. The van der Waals surface area contributed by atoms with E-state index in [9.17, 15) is 9.90 Å². The minimum atomic E-state index is -0.564. The number of benzene rings is 3. The molecule has 1 amide bonds. The van der Waals surface area contributed by atoms with Crippen LogP contribution in [0.1, 0.15) is 101 Å². The second kappa shape index (κ2) is 14.6. The Hall–Kier alpha value is -3.07. The summed E-state index contributed by atoms with van der Waals surface area (Å²) in [7, 11) is 0. The Morgan fingerprint density at radius 3 is 2.32 bits per heavy atom. The molecule has 7 atom stereocenters. The molecule has 6 rings (SSSR count). The first-order valence-corrected chi connectivity index (χ1v) is 17.6. The van der Waals surface area contributed by atoms with Gasteiger partial charge in [-0.15, -0.1) is 0 Å². The number of aliphatic hydroxyl groups is 1. The Kier molecular flexibility index (Phi) is 10.5. The van der Waals surface area contributed by atoms with Crippen molar-refractivity contribution in [2.45, 2.75) is 115 Å². The molecular formula is C40H53N3O4. The van der Waals surface area contributed by atoms with Gasteiger partial charge in [0, 0.05) is 36.2 Å². The molecule has 2 saturated heterocycles. The molecule has 0 aromatic heterocycles. The van der Waals surface area contributed by atoms with Gasteiger partial charge in [0.05, 0.1) is 24.9 Å². The molecule has 3 aromatic rings. The van der Waals surface area contributed by atoms with Gasteiger partial charge in [0.1, 0.15) is 0 Å². The highest BCUT2D eigenvalue weighted by atomic mass is 16.7. The molecule has 252 valence electrons. The number of ether oxygens (including phenoxy) is 2. The number of likely N-dealkylation sites (tertiary alicyclic amines) is 1. The summed E-state index contributed by atoms with van der Waals surface area (Å²) in [5.41, 5.74) is 12.0. The van der Waals surface area contributed by atoms with Crippen LogP contribution in [0.3, 0.4) is 0 Å². The molecule has 0 radical (unpaired) electrons. The molecular weight excluding hydrogens is 586 g/mol. The number of nitrogens with two attached hydrogens (primary N) is 1. The molecule has 47 heavy (non-hydrogen) atoms. The summed E-state index contributed by atoms with van der Waals surface area (Å²) < 4.78 is 13.7. The third-order valence-electron chi connectivity index (χ3n) is 10.6. The fourth-order valence-electron chi connectivity index (χ4n) is 8.06. The monoisotopic (exact) mass is 639 g/mol. The summed E-state index contributed by atoms with van der Waals surface area (Å²) in [6.45, 7) is 9.55. The molecule has 0 spiro atoms. The number of carbonyl (C=O) groups excluding carboxylic acids is 1. The van der Waals surface area contributed by atoms with Crippen LogP contribution in [-0.4, -0.2) is 46.2 Å². The number of piperidine rings is 1. The Morgan fingerprint density at radius 1 is 0.915 bits per heavy atom. The smallest absolute Gasteiger partial charge is 0.237 e. The van der Waals surface area contributed by atoms with Crippen molar-refractivity contribution in [2.24, 2.45) is 17.6 Å². The Morgan fingerprint density at radius 2 is 1.62 bits per heavy atom. The van der Waals surface area contributed by atoms with E-state index in [2.05, 4.69) is 86.4 Å². The van der Waals surface area contributed by atoms with Gasteiger partial charge < -0.3 is 25.6 Å². The fraction of sp³-hybridized carbons (Fsp3) is 0.525. The number of rotatable bonds is 8. The fourth-order valence-corrected chi connectivity index (χ4v) is 8.06. The molecule has 1 aliphatic carbocycles. The molecule has 0 unspecified atom stereocenters. The summed E-state index contributed by atoms with van der Waals surface area (Å²) >= 11 is 0. The lowest BCUT2D eigenvalue weighted by Gasteiger charge is -2.51. The highest BCUT2D eigenvalue weighted by Gasteiger charge is 2.46. The van der Waals surface area contributed by atoms with E-state index in [1.807, 2.05) is 24.3 Å². The molecule has 3 fully saturated rings. The average molecular weight is 640 g/mol. The lowest BCUT2D eigenvalue weighted by Crippen LogP contribution is -2.61. The van der Waals surface area contributed by atoms with Gasteiger partial charge in [0.15, 0.2) is 6.29 Å². The van der Waals surface area contributed by atoms with Crippen molar-refractivity contribution in [3.8, 4) is 11.1 Å². The number of fused-ring (bicyclic) bond motifs is 1. The van der Waals surface area contributed by atoms with Crippen LogP contribution < -0.4 is 11.1 Å². The molecule has 4 N–H and O–H groups in total. The van der Waals surface area contributed by atoms with Crippen LogP contribution in [0.2, 0.25) is 0 Å². The number of carbonyl (C=O) groups is 1. The Balaban J connectivity index is 1.31. The Labute approximate surface area is 280 Å². The van der Waals surface area contributed by atoms with Gasteiger partial charge in [-0.2, -0.15) is 0 Å². The van der Waals surface area contributed by atoms with Crippen molar-refractivity contribution in [3.63, 3.8) is 0 Å². The first-order valence-electron chi connectivity index (χ1n) is 17.6. The molecule has 3 aliphatic rings. The van der Waals surface area contributed by atoms with Gasteiger partial charge in [0.2, 0.25) is 5.91 Å². The van der Waals surface area contributed by atoms with E-state index in [0.29, 0.717) is 25.0 Å². The van der Waals surface area contributed by atoms with Gasteiger partial charge in [-0.3, -0.25) is 9.69 Å². The minimum Gasteiger partial charge on any atom is -0.392 e. The predicted molar refractivity (Wildman–Crippen MR) is 186 cm³/mol. The van der Waals surface area contributed by atoms with Crippen molar-refractivity contribution in [1.29, 1.82) is 0 Å². The van der Waals surface area contributed by atoms with Crippen molar-refractivity contribution >= 4 is 5.91 Å². The molecule has 3 aromatic carbocycles. The van der Waals surface area contributed by atoms with Crippen LogP contribution in [0.25, 0.3) is 11.1 Å². The van der Waals surface area contributed by atoms with Gasteiger partial charge in [-0.1, -0.05) is 92.6 Å². The highest BCUT2D eigenvalue weighted by Crippen LogP contribution is 2.44. The average Bonchev–Trinajstić information content (AvgIpc) is 3.08. The zero-order chi connectivity index (χ0) is 33.1. The number of hydrogen-bond acceptors (Lipinski definition) is 6. The summed E-state index contributed by atoms with van der Waals surface area (Å²) in [5, 5.41) is 13.0. The van der Waals surface area contributed by atoms with Crippen LogP contribution in [0, 0.1) is 11.8 Å². The van der Waals surface area contributed by atoms with Crippen LogP contribution in [0.15, 0.2) is 72.8 Å². The Bertz CT molecular complexity index is 1480. The maximum Gasteiger partial charge on any atom is 0.237 e. The van der Waals surface area contributed by atoms with E-state index in [0.717, 1.165) is 52.6 Å². The first kappa shape index (κ1) is 33.8. The number of nitrogens with one attached hydrogen (secondary N) is 1. The predicted octanol–water partition coefficient (Wildman–Crippen LogP) is 7.03. The topological polar surface area (TPSA) is 97.1 Å². The second-order valence-corrected chi connectivity index (χ2v) is 14.9. The van der Waals surface area contributed by atoms with E-state index in [1.54, 1.807) is 0 Å². The molecule has 2 heterocycles. The maximum atomic E-state index is 13.8. The summed E-state index contributed by atoms with van der Waals surface area (Å²) in [6.07, 6.45) is 5.90. The summed E-state index contributed by atoms with van der Waals surface area (Å²) in [6, 6.07) is 25.0. The number of hydrogen-bond donors (Lipinski definition) is 3.